The molecule has 0 fully saturated rings. The molecule has 0 spiro atoms. The van der Waals surface area contributed by atoms with Crippen LogP contribution in [0.15, 0.2) is 0 Å². The van der Waals surface area contributed by atoms with Crippen LogP contribution in [0.5, 0.6) is 0 Å². The SMILES string of the molecule is CCCCCCCCCCCCCCCCCCC(=O)O[C@H](COC(=O)CCCCCCCCCCCCCCC(C)C)COP(=O)(O)OC[C@@H](O)COP(=O)(O)OC[C@@H](COC(=O)CCCCCCCCC(C)C)OC(=O)CCCCCCCCCCC(C)C. The minimum atomic E-state index is -4.95. The lowest BCUT2D eigenvalue weighted by Crippen LogP contribution is -2.30. The van der Waals surface area contributed by atoms with Gasteiger partial charge in [-0.05, 0) is 43.4 Å². The van der Waals surface area contributed by atoms with E-state index in [1.807, 2.05) is 0 Å². The number of rotatable bonds is 70. The maximum absolute atomic E-state index is 13.0. The van der Waals surface area contributed by atoms with Crippen LogP contribution in [0.2, 0.25) is 0 Å². The molecule has 19 heteroatoms. The highest BCUT2D eigenvalue weighted by Gasteiger charge is 2.30. The molecule has 0 bridgehead atoms. The molecule has 2 unspecified atom stereocenters. The number of hydrogen-bond donors (Lipinski definition) is 3. The number of esters is 4. The minimum Gasteiger partial charge on any atom is -0.462 e. The highest BCUT2D eigenvalue weighted by Crippen LogP contribution is 2.45. The van der Waals surface area contributed by atoms with Gasteiger partial charge in [0.25, 0.3) is 0 Å². The zero-order valence-corrected chi connectivity index (χ0v) is 61.1. The summed E-state index contributed by atoms with van der Waals surface area (Å²) in [5.74, 6) is 0.0535. The lowest BCUT2D eigenvalue weighted by molar-refractivity contribution is -0.161. The number of carbonyl (C=O) groups excluding carboxylic acids is 4. The van der Waals surface area contributed by atoms with Crippen LogP contribution in [-0.2, 0) is 65.4 Å². The molecule has 0 saturated heterocycles. The summed E-state index contributed by atoms with van der Waals surface area (Å²) in [6.07, 6.45) is 47.4. The molecular formula is C72H140O17P2. The van der Waals surface area contributed by atoms with Crippen molar-refractivity contribution in [1.29, 1.82) is 0 Å². The van der Waals surface area contributed by atoms with Crippen molar-refractivity contribution in [2.75, 3.05) is 39.6 Å². The number of hydrogen-bond acceptors (Lipinski definition) is 15. The van der Waals surface area contributed by atoms with Gasteiger partial charge in [0.15, 0.2) is 12.2 Å². The quantitative estimate of drug-likeness (QED) is 0.0222. The van der Waals surface area contributed by atoms with Crippen LogP contribution < -0.4 is 0 Å². The van der Waals surface area contributed by atoms with Gasteiger partial charge in [-0.15, -0.1) is 0 Å². The molecule has 0 aromatic rings. The van der Waals surface area contributed by atoms with Gasteiger partial charge in [-0.25, -0.2) is 9.13 Å². The van der Waals surface area contributed by atoms with Crippen molar-refractivity contribution in [2.24, 2.45) is 17.8 Å². The first-order valence-corrected chi connectivity index (χ1v) is 40.3. The van der Waals surface area contributed by atoms with E-state index >= 15 is 0 Å². The Kier molecular flexibility index (Phi) is 61.5. The number of ether oxygens (including phenoxy) is 4. The third-order valence-corrected chi connectivity index (χ3v) is 18.5. The summed E-state index contributed by atoms with van der Waals surface area (Å²) in [4.78, 5) is 72.6. The van der Waals surface area contributed by atoms with Gasteiger partial charge < -0.3 is 33.8 Å². The second-order valence-electron chi connectivity index (χ2n) is 27.4. The predicted molar refractivity (Wildman–Crippen MR) is 368 cm³/mol. The summed E-state index contributed by atoms with van der Waals surface area (Å²) in [5.41, 5.74) is 0. The summed E-state index contributed by atoms with van der Waals surface area (Å²) in [6.45, 7) is 11.8. The molecule has 3 N–H and O–H groups in total. The van der Waals surface area contributed by atoms with Crippen LogP contribution in [0.1, 0.15) is 363 Å². The molecule has 0 amide bonds. The fraction of sp³-hybridized carbons (Fsp3) is 0.944. The molecule has 0 saturated carbocycles. The van der Waals surface area contributed by atoms with Crippen LogP contribution in [0.25, 0.3) is 0 Å². The van der Waals surface area contributed by atoms with E-state index in [1.165, 1.54) is 167 Å². The first-order valence-electron chi connectivity index (χ1n) is 37.3. The Morgan fingerprint density at radius 1 is 0.297 bits per heavy atom. The Labute approximate surface area is 556 Å². The van der Waals surface area contributed by atoms with E-state index in [-0.39, 0.29) is 25.7 Å². The van der Waals surface area contributed by atoms with Crippen LogP contribution in [0.3, 0.4) is 0 Å². The lowest BCUT2D eigenvalue weighted by Gasteiger charge is -2.21. The lowest BCUT2D eigenvalue weighted by atomic mass is 10.0. The Bertz CT molecular complexity index is 1780. The van der Waals surface area contributed by atoms with Crippen LogP contribution in [-0.4, -0.2) is 96.7 Å². The van der Waals surface area contributed by atoms with Crippen molar-refractivity contribution >= 4 is 39.5 Å². The van der Waals surface area contributed by atoms with Crippen LogP contribution >= 0.6 is 15.6 Å². The standard InChI is InChI=1S/C72H140O17P2/c1-8-9-10-11-12-13-14-15-16-17-18-23-26-32-41-48-55-71(76)88-67(59-82-69(74)53-46-39-31-25-22-20-19-21-24-29-36-43-50-63(2)3)61-86-90(78,79)84-57-66(73)58-85-91(80,81)87-62-68(60-83-70(75)54-47-40-35-34-38-45-52-65(6)7)89-72(77)56-49-42-33-28-27-30-37-44-51-64(4)5/h63-68,73H,8-62H2,1-7H3,(H,78,79)(H,80,81)/t66-,67-,68-/m1/s1. The molecule has 0 aliphatic carbocycles. The van der Waals surface area contributed by atoms with Gasteiger partial charge in [-0.2, -0.15) is 0 Å². The van der Waals surface area contributed by atoms with Gasteiger partial charge in [0, 0.05) is 25.7 Å². The highest BCUT2D eigenvalue weighted by molar-refractivity contribution is 7.47. The monoisotopic (exact) mass is 1340 g/mol. The average molecular weight is 1340 g/mol. The van der Waals surface area contributed by atoms with Gasteiger partial charge in [0.05, 0.1) is 26.4 Å². The summed E-state index contributed by atoms with van der Waals surface area (Å²) in [6, 6.07) is 0. The van der Waals surface area contributed by atoms with Gasteiger partial charge in [-0.1, -0.05) is 312 Å². The molecule has 0 aromatic carbocycles. The molecule has 91 heavy (non-hydrogen) atoms. The maximum Gasteiger partial charge on any atom is 0.472 e. The van der Waals surface area contributed by atoms with Gasteiger partial charge in [0.2, 0.25) is 0 Å². The summed E-state index contributed by atoms with van der Waals surface area (Å²) in [5, 5.41) is 10.6. The van der Waals surface area contributed by atoms with E-state index < -0.39 is 97.5 Å². The molecule has 0 heterocycles. The van der Waals surface area contributed by atoms with Crippen molar-refractivity contribution in [2.45, 2.75) is 381 Å². The van der Waals surface area contributed by atoms with Gasteiger partial charge in [0.1, 0.15) is 19.3 Å². The maximum atomic E-state index is 13.0. The van der Waals surface area contributed by atoms with Crippen molar-refractivity contribution < 1.29 is 80.2 Å². The third kappa shape index (κ3) is 66.5. The number of carbonyl (C=O) groups is 4. The Balaban J connectivity index is 5.24. The predicted octanol–water partition coefficient (Wildman–Crippen LogP) is 20.6. The van der Waals surface area contributed by atoms with E-state index in [0.29, 0.717) is 31.6 Å². The Hall–Kier alpha value is -1.94. The Morgan fingerprint density at radius 3 is 0.747 bits per heavy atom. The molecule has 0 aliphatic rings. The van der Waals surface area contributed by atoms with Crippen molar-refractivity contribution in [3.63, 3.8) is 0 Å². The van der Waals surface area contributed by atoms with Crippen molar-refractivity contribution in [3.8, 4) is 0 Å². The summed E-state index contributed by atoms with van der Waals surface area (Å²) in [7, 11) is -9.90. The number of unbranched alkanes of at least 4 members (excludes halogenated alkanes) is 38. The molecule has 0 rings (SSSR count). The van der Waals surface area contributed by atoms with E-state index in [1.54, 1.807) is 0 Å². The first-order chi connectivity index (χ1) is 43.7. The second kappa shape index (κ2) is 62.8. The topological polar surface area (TPSA) is 237 Å². The highest BCUT2D eigenvalue weighted by atomic mass is 31.2. The van der Waals surface area contributed by atoms with E-state index in [2.05, 4.69) is 48.5 Å². The van der Waals surface area contributed by atoms with E-state index in [9.17, 15) is 43.2 Å². The van der Waals surface area contributed by atoms with E-state index in [4.69, 9.17) is 37.0 Å². The largest absolute Gasteiger partial charge is 0.472 e. The number of phosphoric ester groups is 2. The normalized spacial score (nSPS) is 14.2. The fourth-order valence-electron chi connectivity index (χ4n) is 10.9. The molecule has 5 atom stereocenters. The number of aliphatic hydroxyl groups excluding tert-OH is 1. The second-order valence-corrected chi connectivity index (χ2v) is 30.3. The number of aliphatic hydroxyl groups is 1. The molecule has 0 radical (unpaired) electrons. The van der Waals surface area contributed by atoms with Crippen LogP contribution in [0, 0.1) is 17.8 Å². The van der Waals surface area contributed by atoms with Crippen LogP contribution in [0.4, 0.5) is 0 Å². The first kappa shape index (κ1) is 89.1. The number of phosphoric acid groups is 2. The van der Waals surface area contributed by atoms with E-state index in [0.717, 1.165) is 108 Å². The Morgan fingerprint density at radius 2 is 0.505 bits per heavy atom. The summed E-state index contributed by atoms with van der Waals surface area (Å²) < 4.78 is 68.3. The van der Waals surface area contributed by atoms with Crippen molar-refractivity contribution in [1.82, 2.24) is 0 Å². The molecular weight excluding hydrogens is 1200 g/mol. The average Bonchev–Trinajstić information content (AvgIpc) is 3.54. The molecule has 540 valence electrons. The zero-order chi connectivity index (χ0) is 67.3. The molecule has 0 aliphatic heterocycles. The van der Waals surface area contributed by atoms with Crippen molar-refractivity contribution in [3.05, 3.63) is 0 Å². The zero-order valence-electron chi connectivity index (χ0n) is 59.3. The van der Waals surface area contributed by atoms with Gasteiger partial charge in [-0.3, -0.25) is 37.3 Å². The third-order valence-electron chi connectivity index (χ3n) is 16.6. The summed E-state index contributed by atoms with van der Waals surface area (Å²) >= 11 is 0. The molecule has 0 aromatic heterocycles. The minimum absolute atomic E-state index is 0.103. The molecule has 17 nitrogen and oxygen atoms in total. The smallest absolute Gasteiger partial charge is 0.462 e. The fourth-order valence-corrected chi connectivity index (χ4v) is 12.5. The van der Waals surface area contributed by atoms with Gasteiger partial charge >= 0.3 is 39.5 Å².